The van der Waals surface area contributed by atoms with Gasteiger partial charge in [0.15, 0.2) is 5.96 Å². The molecule has 0 saturated carbocycles. The molecular formula is C16H28N6S. The van der Waals surface area contributed by atoms with Crippen molar-refractivity contribution in [1.82, 2.24) is 25.4 Å². The van der Waals surface area contributed by atoms with E-state index in [1.54, 1.807) is 11.3 Å². The number of aliphatic imine (C=N–C) groups is 1. The van der Waals surface area contributed by atoms with Gasteiger partial charge < -0.3 is 10.6 Å². The second-order valence-electron chi connectivity index (χ2n) is 6.31. The zero-order valence-electron chi connectivity index (χ0n) is 14.4. The first-order valence-electron chi connectivity index (χ1n) is 8.57. The molecule has 23 heavy (non-hydrogen) atoms. The number of aromatic nitrogens is 1. The molecule has 1 aromatic heterocycles. The van der Waals surface area contributed by atoms with E-state index in [4.69, 9.17) is 4.99 Å². The average molecular weight is 337 g/mol. The van der Waals surface area contributed by atoms with Crippen molar-refractivity contribution in [2.75, 3.05) is 45.8 Å². The van der Waals surface area contributed by atoms with E-state index in [-0.39, 0.29) is 0 Å². The van der Waals surface area contributed by atoms with Crippen LogP contribution in [0, 0.1) is 13.8 Å². The van der Waals surface area contributed by atoms with E-state index >= 15 is 0 Å². The van der Waals surface area contributed by atoms with Crippen LogP contribution in [0.5, 0.6) is 0 Å². The number of guanidine groups is 1. The van der Waals surface area contributed by atoms with Crippen LogP contribution in [0.2, 0.25) is 0 Å². The minimum atomic E-state index is 0.605. The first-order chi connectivity index (χ1) is 11.2. The fourth-order valence-electron chi connectivity index (χ4n) is 3.35. The van der Waals surface area contributed by atoms with Crippen LogP contribution in [-0.2, 0) is 6.54 Å². The van der Waals surface area contributed by atoms with Crippen molar-refractivity contribution < 1.29 is 0 Å². The second-order valence-corrected chi connectivity index (χ2v) is 7.60. The minimum absolute atomic E-state index is 0.605. The third-order valence-electron chi connectivity index (χ3n) is 4.62. The Kier molecular flexibility index (Phi) is 5.50. The van der Waals surface area contributed by atoms with Gasteiger partial charge in [-0.15, -0.1) is 11.3 Å². The molecule has 0 aromatic carbocycles. The highest BCUT2D eigenvalue weighted by Gasteiger charge is 2.31. The minimum Gasteiger partial charge on any atom is -0.357 e. The number of hydrogen-bond acceptors (Lipinski definition) is 5. The highest BCUT2D eigenvalue weighted by molar-refractivity contribution is 7.11. The topological polar surface area (TPSA) is 55.8 Å². The molecule has 1 unspecified atom stereocenters. The van der Waals surface area contributed by atoms with Gasteiger partial charge in [0.25, 0.3) is 0 Å². The van der Waals surface area contributed by atoms with Gasteiger partial charge in [-0.2, -0.15) is 0 Å². The van der Waals surface area contributed by atoms with E-state index in [1.807, 2.05) is 0 Å². The molecule has 1 atom stereocenters. The Labute approximate surface area is 143 Å². The van der Waals surface area contributed by atoms with E-state index in [2.05, 4.69) is 46.2 Å². The largest absolute Gasteiger partial charge is 0.357 e. The lowest BCUT2D eigenvalue weighted by molar-refractivity contribution is 0.0154. The molecule has 4 rings (SSSR count). The lowest BCUT2D eigenvalue weighted by Gasteiger charge is -2.47. The summed E-state index contributed by atoms with van der Waals surface area (Å²) in [5.74, 6) is 0.913. The third-order valence-corrected chi connectivity index (χ3v) is 5.68. The van der Waals surface area contributed by atoms with Gasteiger partial charge in [-0.3, -0.25) is 9.80 Å². The van der Waals surface area contributed by atoms with Gasteiger partial charge in [0.05, 0.1) is 17.2 Å². The molecule has 3 saturated heterocycles. The number of aryl methyl sites for hydroxylation is 2. The summed E-state index contributed by atoms with van der Waals surface area (Å²) in [5.41, 5.74) is 1.11. The van der Waals surface area contributed by atoms with Crippen LogP contribution >= 0.6 is 11.3 Å². The van der Waals surface area contributed by atoms with E-state index in [0.717, 1.165) is 29.8 Å². The monoisotopic (exact) mass is 336 g/mol. The summed E-state index contributed by atoms with van der Waals surface area (Å²) in [5, 5.41) is 8.00. The molecule has 128 valence electrons. The molecular weight excluding hydrogens is 308 g/mol. The maximum Gasteiger partial charge on any atom is 0.191 e. The first-order valence-corrected chi connectivity index (χ1v) is 9.39. The van der Waals surface area contributed by atoms with Crippen molar-refractivity contribution in [3.05, 3.63) is 15.6 Å². The fourth-order valence-corrected chi connectivity index (χ4v) is 4.21. The lowest BCUT2D eigenvalue weighted by Crippen LogP contribution is -2.63. The fraction of sp³-hybridized carbons (Fsp3) is 0.750. The van der Waals surface area contributed by atoms with Crippen LogP contribution < -0.4 is 10.6 Å². The molecule has 0 spiro atoms. The van der Waals surface area contributed by atoms with Gasteiger partial charge in [0.2, 0.25) is 0 Å². The number of thiazole rings is 1. The standard InChI is InChI=1S/C16H28N6S/c1-4-17-16(19-10-15-12(2)20-13(3)23-15)18-9-14-11-21-5-7-22(14)8-6-21/h14H,4-11H2,1-3H3,(H2,17,18,19). The number of nitrogens with one attached hydrogen (secondary N) is 2. The van der Waals surface area contributed by atoms with E-state index in [1.165, 1.54) is 37.6 Å². The summed E-state index contributed by atoms with van der Waals surface area (Å²) < 4.78 is 0. The summed E-state index contributed by atoms with van der Waals surface area (Å²) >= 11 is 1.74. The molecule has 1 aromatic rings. The van der Waals surface area contributed by atoms with Crippen molar-refractivity contribution >= 4 is 17.3 Å². The maximum absolute atomic E-state index is 4.74. The first kappa shape index (κ1) is 16.7. The Balaban J connectivity index is 1.55. The normalized spacial score (nSPS) is 27.3. The zero-order valence-corrected chi connectivity index (χ0v) is 15.2. The van der Waals surface area contributed by atoms with Gasteiger partial charge in [-0.05, 0) is 20.8 Å². The molecule has 2 N–H and O–H groups in total. The molecule has 0 radical (unpaired) electrons. The van der Waals surface area contributed by atoms with Gasteiger partial charge >= 0.3 is 0 Å². The summed E-state index contributed by atoms with van der Waals surface area (Å²) in [7, 11) is 0. The van der Waals surface area contributed by atoms with Crippen LogP contribution in [0.3, 0.4) is 0 Å². The quantitative estimate of drug-likeness (QED) is 0.616. The summed E-state index contributed by atoms with van der Waals surface area (Å²) in [4.78, 5) is 15.6. The van der Waals surface area contributed by atoms with Crippen LogP contribution in [0.4, 0.5) is 0 Å². The van der Waals surface area contributed by atoms with Gasteiger partial charge in [0.1, 0.15) is 0 Å². The molecule has 6 nitrogen and oxygen atoms in total. The summed E-state index contributed by atoms with van der Waals surface area (Å²) in [6.45, 7) is 14.8. The molecule has 0 aliphatic carbocycles. The number of piperazine rings is 3. The SMILES string of the molecule is CCNC(=NCc1sc(C)nc1C)NCC1CN2CCN1CC2. The second kappa shape index (κ2) is 7.59. The molecule has 2 bridgehead atoms. The summed E-state index contributed by atoms with van der Waals surface area (Å²) in [6, 6.07) is 0.605. The van der Waals surface area contributed by atoms with E-state index < -0.39 is 0 Å². The van der Waals surface area contributed by atoms with Gasteiger partial charge in [0, 0.05) is 56.7 Å². The Morgan fingerprint density at radius 1 is 1.26 bits per heavy atom. The number of rotatable bonds is 5. The molecule has 4 heterocycles. The van der Waals surface area contributed by atoms with Crippen molar-refractivity contribution in [1.29, 1.82) is 0 Å². The van der Waals surface area contributed by atoms with Crippen LogP contribution in [0.25, 0.3) is 0 Å². The van der Waals surface area contributed by atoms with Crippen molar-refractivity contribution in [3.8, 4) is 0 Å². The van der Waals surface area contributed by atoms with E-state index in [9.17, 15) is 0 Å². The van der Waals surface area contributed by atoms with Gasteiger partial charge in [-0.25, -0.2) is 9.98 Å². The zero-order chi connectivity index (χ0) is 16.2. The number of hydrogen-bond donors (Lipinski definition) is 2. The molecule has 3 aliphatic heterocycles. The Morgan fingerprint density at radius 2 is 2.04 bits per heavy atom. The van der Waals surface area contributed by atoms with Crippen LogP contribution in [0.1, 0.15) is 22.5 Å². The number of fused-ring (bicyclic) bond motifs is 3. The molecule has 3 aliphatic rings. The van der Waals surface area contributed by atoms with Crippen LogP contribution in [-0.4, -0.2) is 72.6 Å². The predicted molar refractivity (Wildman–Crippen MR) is 96.2 cm³/mol. The predicted octanol–water partition coefficient (Wildman–Crippen LogP) is 0.815. The smallest absolute Gasteiger partial charge is 0.191 e. The summed E-state index contributed by atoms with van der Waals surface area (Å²) in [6.07, 6.45) is 0. The molecule has 0 amide bonds. The van der Waals surface area contributed by atoms with Crippen molar-refractivity contribution in [2.45, 2.75) is 33.4 Å². The maximum atomic E-state index is 4.74. The van der Waals surface area contributed by atoms with Gasteiger partial charge in [-0.1, -0.05) is 0 Å². The van der Waals surface area contributed by atoms with Crippen molar-refractivity contribution in [3.63, 3.8) is 0 Å². The highest BCUT2D eigenvalue weighted by atomic mass is 32.1. The Bertz CT molecular complexity index is 547. The Morgan fingerprint density at radius 3 is 2.61 bits per heavy atom. The Hall–Kier alpha value is -1.18. The third kappa shape index (κ3) is 4.22. The molecule has 7 heteroatoms. The lowest BCUT2D eigenvalue weighted by atomic mass is 10.1. The van der Waals surface area contributed by atoms with Crippen molar-refractivity contribution in [2.24, 2.45) is 4.99 Å². The van der Waals surface area contributed by atoms with Crippen LogP contribution in [0.15, 0.2) is 4.99 Å². The number of nitrogens with zero attached hydrogens (tertiary/aromatic N) is 4. The highest BCUT2D eigenvalue weighted by Crippen LogP contribution is 2.18. The average Bonchev–Trinajstić information content (AvgIpc) is 2.89. The molecule has 3 fully saturated rings. The van der Waals surface area contributed by atoms with E-state index in [0.29, 0.717) is 12.6 Å².